The predicted octanol–water partition coefficient (Wildman–Crippen LogP) is 2.62. The molecule has 0 saturated carbocycles. The molecule has 0 spiro atoms. The van der Waals surface area contributed by atoms with E-state index in [2.05, 4.69) is 0 Å². The minimum atomic E-state index is -0.760. The summed E-state index contributed by atoms with van der Waals surface area (Å²) in [6.07, 6.45) is 0.203. The summed E-state index contributed by atoms with van der Waals surface area (Å²) in [7, 11) is 0. The highest BCUT2D eigenvalue weighted by molar-refractivity contribution is 5.83. The van der Waals surface area contributed by atoms with Gasteiger partial charge in [-0.05, 0) is 54.4 Å². The number of carbonyl (C=O) groups is 2. The van der Waals surface area contributed by atoms with Crippen LogP contribution in [0.3, 0.4) is 0 Å². The van der Waals surface area contributed by atoms with Crippen LogP contribution < -0.4 is 0 Å². The van der Waals surface area contributed by atoms with E-state index in [4.69, 9.17) is 14.7 Å². The van der Waals surface area contributed by atoms with Crippen molar-refractivity contribution in [2.45, 2.75) is 77.7 Å². The Balaban J connectivity index is 2.91. The van der Waals surface area contributed by atoms with Crippen molar-refractivity contribution < 1.29 is 19.1 Å². The van der Waals surface area contributed by atoms with Crippen molar-refractivity contribution in [2.75, 3.05) is 0 Å². The van der Waals surface area contributed by atoms with Crippen LogP contribution in [0.2, 0.25) is 0 Å². The average molecular weight is 296 g/mol. The van der Waals surface area contributed by atoms with Gasteiger partial charge in [0.05, 0.1) is 6.07 Å². The molecule has 1 fully saturated rings. The number of hydrogen-bond donors (Lipinski definition) is 0. The van der Waals surface area contributed by atoms with Gasteiger partial charge in [0.1, 0.15) is 23.3 Å². The minimum absolute atomic E-state index is 0.409. The third-order valence-corrected chi connectivity index (χ3v) is 2.82. The second kappa shape index (κ2) is 5.92. The van der Waals surface area contributed by atoms with Crippen LogP contribution >= 0.6 is 0 Å². The van der Waals surface area contributed by atoms with E-state index in [1.807, 2.05) is 6.07 Å². The zero-order valence-corrected chi connectivity index (χ0v) is 13.6. The summed E-state index contributed by atoms with van der Waals surface area (Å²) < 4.78 is 10.6. The number of amides is 1. The molecule has 0 aromatic rings. The number of ether oxygens (including phenoxy) is 2. The lowest BCUT2D eigenvalue weighted by molar-refractivity contribution is -0.160. The largest absolute Gasteiger partial charge is 0.458 e. The van der Waals surface area contributed by atoms with Gasteiger partial charge in [-0.15, -0.1) is 0 Å². The summed E-state index contributed by atoms with van der Waals surface area (Å²) >= 11 is 0. The molecule has 1 saturated heterocycles. The fourth-order valence-corrected chi connectivity index (χ4v) is 2.11. The zero-order chi connectivity index (χ0) is 16.4. The molecular formula is C15H24N2O4. The van der Waals surface area contributed by atoms with E-state index in [1.54, 1.807) is 41.5 Å². The number of esters is 1. The van der Waals surface area contributed by atoms with Gasteiger partial charge in [0, 0.05) is 0 Å². The van der Waals surface area contributed by atoms with E-state index >= 15 is 0 Å². The van der Waals surface area contributed by atoms with Crippen LogP contribution in [-0.4, -0.2) is 40.2 Å². The smallest absolute Gasteiger partial charge is 0.412 e. The minimum Gasteiger partial charge on any atom is -0.458 e. The van der Waals surface area contributed by atoms with E-state index < -0.39 is 35.3 Å². The van der Waals surface area contributed by atoms with Crippen molar-refractivity contribution in [1.29, 1.82) is 5.26 Å². The van der Waals surface area contributed by atoms with Gasteiger partial charge in [-0.25, -0.2) is 9.59 Å². The fourth-order valence-electron chi connectivity index (χ4n) is 2.11. The molecule has 21 heavy (non-hydrogen) atoms. The second-order valence-corrected chi connectivity index (χ2v) is 7.16. The molecule has 6 nitrogen and oxygen atoms in total. The van der Waals surface area contributed by atoms with E-state index in [0.29, 0.717) is 12.8 Å². The normalized spacial score (nSPS) is 22.6. The van der Waals surface area contributed by atoms with Crippen LogP contribution in [0, 0.1) is 11.3 Å². The SMILES string of the molecule is CC(C)(C)OC(=O)[C@@H]1CC[C@H](C#N)N1C(=O)OC(C)(C)C. The van der Waals surface area contributed by atoms with Gasteiger partial charge in [-0.1, -0.05) is 0 Å². The average Bonchev–Trinajstić information content (AvgIpc) is 2.67. The van der Waals surface area contributed by atoms with Gasteiger partial charge in [-0.2, -0.15) is 5.26 Å². The van der Waals surface area contributed by atoms with Crippen molar-refractivity contribution in [1.82, 2.24) is 4.90 Å². The Morgan fingerprint density at radius 2 is 1.57 bits per heavy atom. The highest BCUT2D eigenvalue weighted by Gasteiger charge is 2.44. The molecule has 1 rings (SSSR count). The summed E-state index contributed by atoms with van der Waals surface area (Å²) in [6, 6.07) is 0.630. The maximum absolute atomic E-state index is 12.3. The first-order chi connectivity index (χ1) is 9.44. The van der Waals surface area contributed by atoms with Gasteiger partial charge in [0.2, 0.25) is 0 Å². The van der Waals surface area contributed by atoms with Crippen LogP contribution in [0.15, 0.2) is 0 Å². The molecule has 0 aromatic heterocycles. The molecule has 0 radical (unpaired) electrons. The Morgan fingerprint density at radius 1 is 1.05 bits per heavy atom. The number of carbonyl (C=O) groups excluding carboxylic acids is 2. The van der Waals surface area contributed by atoms with E-state index in [0.717, 1.165) is 0 Å². The van der Waals surface area contributed by atoms with Crippen LogP contribution in [0.1, 0.15) is 54.4 Å². The first-order valence-corrected chi connectivity index (χ1v) is 7.08. The van der Waals surface area contributed by atoms with Crippen LogP contribution in [0.25, 0.3) is 0 Å². The van der Waals surface area contributed by atoms with Gasteiger partial charge >= 0.3 is 12.1 Å². The first-order valence-electron chi connectivity index (χ1n) is 7.08. The predicted molar refractivity (Wildman–Crippen MR) is 76.3 cm³/mol. The second-order valence-electron chi connectivity index (χ2n) is 7.16. The lowest BCUT2D eigenvalue weighted by atomic mass is 10.1. The lowest BCUT2D eigenvalue weighted by Gasteiger charge is -2.30. The summed E-state index contributed by atoms with van der Waals surface area (Å²) in [5.74, 6) is -0.494. The lowest BCUT2D eigenvalue weighted by Crippen LogP contribution is -2.48. The van der Waals surface area contributed by atoms with Crippen LogP contribution in [-0.2, 0) is 14.3 Å². The quantitative estimate of drug-likeness (QED) is 0.695. The molecule has 6 heteroatoms. The van der Waals surface area contributed by atoms with Crippen molar-refractivity contribution in [3.8, 4) is 6.07 Å². The van der Waals surface area contributed by atoms with Gasteiger partial charge in [0.15, 0.2) is 0 Å². The molecule has 1 amide bonds. The standard InChI is InChI=1S/C15H24N2O4/c1-14(2,3)20-12(18)11-8-7-10(9-16)17(11)13(19)21-15(4,5)6/h10-11H,7-8H2,1-6H3/t10-,11+/m1/s1. The van der Waals surface area contributed by atoms with E-state index in [9.17, 15) is 9.59 Å². The molecule has 1 aliphatic rings. The molecular weight excluding hydrogens is 272 g/mol. The third-order valence-electron chi connectivity index (χ3n) is 2.82. The molecule has 0 unspecified atom stereocenters. The maximum Gasteiger partial charge on any atom is 0.412 e. The molecule has 0 bridgehead atoms. The van der Waals surface area contributed by atoms with Crippen molar-refractivity contribution >= 4 is 12.1 Å². The van der Waals surface area contributed by atoms with Crippen LogP contribution in [0.5, 0.6) is 0 Å². The maximum atomic E-state index is 12.3. The molecule has 2 atom stereocenters. The molecule has 0 aliphatic carbocycles. The molecule has 118 valence electrons. The number of rotatable bonds is 1. The van der Waals surface area contributed by atoms with E-state index in [-0.39, 0.29) is 0 Å². The molecule has 0 aromatic carbocycles. The Morgan fingerprint density at radius 3 is 2.00 bits per heavy atom. The van der Waals surface area contributed by atoms with Crippen molar-refractivity contribution in [3.05, 3.63) is 0 Å². The monoisotopic (exact) mass is 296 g/mol. The summed E-state index contributed by atoms with van der Waals surface area (Å²) in [4.78, 5) is 25.7. The number of nitriles is 1. The summed E-state index contributed by atoms with van der Waals surface area (Å²) in [6.45, 7) is 10.5. The van der Waals surface area contributed by atoms with Gasteiger partial charge in [0.25, 0.3) is 0 Å². The number of likely N-dealkylation sites (tertiary alicyclic amines) is 1. The van der Waals surface area contributed by atoms with Gasteiger partial charge < -0.3 is 9.47 Å². The Bertz CT molecular complexity index is 454. The highest BCUT2D eigenvalue weighted by Crippen LogP contribution is 2.28. The Kier molecular flexibility index (Phi) is 4.87. The van der Waals surface area contributed by atoms with E-state index in [1.165, 1.54) is 4.90 Å². The van der Waals surface area contributed by atoms with Crippen molar-refractivity contribution in [2.24, 2.45) is 0 Å². The number of nitrogens with zero attached hydrogens (tertiary/aromatic N) is 2. The Labute approximate surface area is 126 Å². The van der Waals surface area contributed by atoms with Crippen molar-refractivity contribution in [3.63, 3.8) is 0 Å². The summed E-state index contributed by atoms with van der Waals surface area (Å²) in [5, 5.41) is 9.16. The van der Waals surface area contributed by atoms with Crippen LogP contribution in [0.4, 0.5) is 4.79 Å². The zero-order valence-electron chi connectivity index (χ0n) is 13.6. The molecule has 1 aliphatic heterocycles. The number of hydrogen-bond acceptors (Lipinski definition) is 5. The molecule has 1 heterocycles. The Hall–Kier alpha value is -1.77. The van der Waals surface area contributed by atoms with Gasteiger partial charge in [-0.3, -0.25) is 4.90 Å². The third kappa shape index (κ3) is 4.92. The summed E-state index contributed by atoms with van der Waals surface area (Å²) in [5.41, 5.74) is -1.32. The first kappa shape index (κ1) is 17.3. The highest BCUT2D eigenvalue weighted by atomic mass is 16.6. The topological polar surface area (TPSA) is 79.6 Å². The molecule has 0 N–H and O–H groups in total. The fraction of sp³-hybridized carbons (Fsp3) is 0.800.